The van der Waals surface area contributed by atoms with Crippen LogP contribution in [0.5, 0.6) is 0 Å². The minimum Gasteiger partial charge on any atom is -0.311 e. The third-order valence-electron chi connectivity index (χ3n) is 10.0. The number of para-hydroxylation sites is 4. The van der Waals surface area contributed by atoms with E-state index >= 15 is 0 Å². The van der Waals surface area contributed by atoms with Crippen LogP contribution in [0.3, 0.4) is 0 Å². The second kappa shape index (κ2) is 14.8. The van der Waals surface area contributed by atoms with E-state index in [0.717, 1.165) is 34.1 Å². The van der Waals surface area contributed by atoms with Gasteiger partial charge in [0.05, 0.1) is 5.69 Å². The first-order chi connectivity index (χ1) is 26.8. The van der Waals surface area contributed by atoms with Gasteiger partial charge in [-0.1, -0.05) is 152 Å². The van der Waals surface area contributed by atoms with Gasteiger partial charge in [-0.25, -0.2) is 0 Å². The van der Waals surface area contributed by atoms with Gasteiger partial charge in [0.1, 0.15) is 0 Å². The van der Waals surface area contributed by atoms with Crippen LogP contribution in [0.2, 0.25) is 0 Å². The van der Waals surface area contributed by atoms with E-state index in [2.05, 4.69) is 240 Å². The fourth-order valence-corrected chi connectivity index (χ4v) is 7.45. The second-order valence-corrected chi connectivity index (χ2v) is 13.4. The van der Waals surface area contributed by atoms with Crippen LogP contribution >= 0.6 is 0 Å². The molecule has 0 aliphatic heterocycles. The number of hydrogen-bond acceptors (Lipinski definition) is 2. The Labute approximate surface area is 317 Å². The smallest absolute Gasteiger partial charge is 0.0540 e. The van der Waals surface area contributed by atoms with Gasteiger partial charge in [-0.3, -0.25) is 0 Å². The molecule has 0 amide bonds. The van der Waals surface area contributed by atoms with Crippen LogP contribution in [-0.4, -0.2) is 0 Å². The van der Waals surface area contributed by atoms with E-state index in [0.29, 0.717) is 0 Å². The molecule has 54 heavy (non-hydrogen) atoms. The Balaban J connectivity index is 1.10. The molecule has 0 radical (unpaired) electrons. The summed E-state index contributed by atoms with van der Waals surface area (Å²) in [5, 5.41) is 2.46. The molecule has 0 aliphatic carbocycles. The van der Waals surface area contributed by atoms with Gasteiger partial charge in [0.15, 0.2) is 0 Å². The first kappa shape index (κ1) is 32.7. The van der Waals surface area contributed by atoms with Crippen LogP contribution in [0.4, 0.5) is 34.1 Å². The fourth-order valence-electron chi connectivity index (χ4n) is 7.45. The van der Waals surface area contributed by atoms with E-state index in [9.17, 15) is 0 Å². The highest BCUT2D eigenvalue weighted by molar-refractivity contribution is 6.00. The van der Waals surface area contributed by atoms with Crippen LogP contribution < -0.4 is 9.80 Å². The lowest BCUT2D eigenvalue weighted by atomic mass is 9.92. The summed E-state index contributed by atoms with van der Waals surface area (Å²) in [5.41, 5.74) is 13.9. The van der Waals surface area contributed by atoms with Crippen LogP contribution in [-0.2, 0) is 0 Å². The molecule has 256 valence electrons. The number of hydrogen-bond donors (Lipinski definition) is 0. The van der Waals surface area contributed by atoms with Crippen molar-refractivity contribution in [3.63, 3.8) is 0 Å². The molecule has 9 rings (SSSR count). The van der Waals surface area contributed by atoms with Gasteiger partial charge in [-0.05, 0) is 117 Å². The Morgan fingerprint density at radius 2 is 0.667 bits per heavy atom. The summed E-state index contributed by atoms with van der Waals surface area (Å²) in [7, 11) is 0. The van der Waals surface area contributed by atoms with Crippen molar-refractivity contribution < 1.29 is 0 Å². The van der Waals surface area contributed by atoms with E-state index in [1.807, 2.05) is 0 Å². The molecule has 0 N–H and O–H groups in total. The molecule has 9 aromatic rings. The molecule has 2 nitrogen and oxygen atoms in total. The topological polar surface area (TPSA) is 6.48 Å². The predicted molar refractivity (Wildman–Crippen MR) is 230 cm³/mol. The summed E-state index contributed by atoms with van der Waals surface area (Å²) in [6, 6.07) is 82.4. The first-order valence-corrected chi connectivity index (χ1v) is 18.4. The molecule has 0 heterocycles. The Morgan fingerprint density at radius 3 is 1.28 bits per heavy atom. The molecule has 0 fully saturated rings. The van der Waals surface area contributed by atoms with Crippen molar-refractivity contribution in [1.29, 1.82) is 0 Å². The van der Waals surface area contributed by atoms with Gasteiger partial charge >= 0.3 is 0 Å². The molecule has 0 aromatic heterocycles. The first-order valence-electron chi connectivity index (χ1n) is 18.4. The van der Waals surface area contributed by atoms with Gasteiger partial charge in [0.2, 0.25) is 0 Å². The molecule has 0 saturated carbocycles. The third-order valence-corrected chi connectivity index (χ3v) is 10.0. The Bertz CT molecular complexity index is 2580. The summed E-state index contributed by atoms with van der Waals surface area (Å²) in [6.07, 6.45) is 0. The van der Waals surface area contributed by atoms with Gasteiger partial charge in [0, 0.05) is 34.0 Å². The summed E-state index contributed by atoms with van der Waals surface area (Å²) in [6.45, 7) is 0. The molecular formula is C52H38N2. The van der Waals surface area contributed by atoms with E-state index in [4.69, 9.17) is 0 Å². The number of anilines is 6. The van der Waals surface area contributed by atoms with Crippen LogP contribution in [0.25, 0.3) is 44.2 Å². The lowest BCUT2D eigenvalue weighted by molar-refractivity contribution is 1.28. The van der Waals surface area contributed by atoms with Crippen LogP contribution in [0.1, 0.15) is 0 Å². The van der Waals surface area contributed by atoms with Crippen LogP contribution in [0, 0.1) is 0 Å². The number of benzene rings is 9. The average molecular weight is 691 g/mol. The summed E-state index contributed by atoms with van der Waals surface area (Å²) in [4.78, 5) is 4.66. The zero-order valence-electron chi connectivity index (χ0n) is 29.8. The highest BCUT2D eigenvalue weighted by Gasteiger charge is 2.18. The lowest BCUT2D eigenvalue weighted by Crippen LogP contribution is -2.11. The van der Waals surface area contributed by atoms with E-state index in [-0.39, 0.29) is 0 Å². The number of rotatable bonds is 9. The Morgan fingerprint density at radius 1 is 0.241 bits per heavy atom. The van der Waals surface area contributed by atoms with Crippen molar-refractivity contribution in [2.75, 3.05) is 9.80 Å². The molecule has 0 saturated heterocycles. The molecule has 0 bridgehead atoms. The van der Waals surface area contributed by atoms with Crippen molar-refractivity contribution >= 4 is 44.9 Å². The zero-order valence-corrected chi connectivity index (χ0v) is 29.8. The van der Waals surface area contributed by atoms with Crippen LogP contribution in [0.15, 0.2) is 231 Å². The maximum Gasteiger partial charge on any atom is 0.0540 e. The molecular weight excluding hydrogens is 653 g/mol. The normalized spacial score (nSPS) is 11.0. The van der Waals surface area contributed by atoms with Crippen molar-refractivity contribution in [1.82, 2.24) is 0 Å². The highest BCUT2D eigenvalue weighted by Crippen LogP contribution is 2.42. The maximum atomic E-state index is 2.35. The molecule has 2 heteroatoms. The third kappa shape index (κ3) is 6.53. The highest BCUT2D eigenvalue weighted by atomic mass is 15.1. The maximum absolute atomic E-state index is 2.35. The zero-order chi connectivity index (χ0) is 36.1. The summed E-state index contributed by atoms with van der Waals surface area (Å²) < 4.78 is 0. The SMILES string of the molecule is c1ccc(-c2ccccc2N(c2ccccc2)c2ccc(-c3cc(-c4ccc(N(c5ccccc5)c5ccccc5)cc4)c4ccccc4c3)cc2)cc1. The van der Waals surface area contributed by atoms with E-state index < -0.39 is 0 Å². The second-order valence-electron chi connectivity index (χ2n) is 13.4. The van der Waals surface area contributed by atoms with Gasteiger partial charge in [-0.15, -0.1) is 0 Å². The van der Waals surface area contributed by atoms with Gasteiger partial charge < -0.3 is 9.80 Å². The quantitative estimate of drug-likeness (QED) is 0.149. The van der Waals surface area contributed by atoms with Crippen molar-refractivity contribution in [2.45, 2.75) is 0 Å². The fraction of sp³-hybridized carbons (Fsp3) is 0. The van der Waals surface area contributed by atoms with Gasteiger partial charge in [-0.2, -0.15) is 0 Å². The lowest BCUT2D eigenvalue weighted by Gasteiger charge is -2.28. The largest absolute Gasteiger partial charge is 0.311 e. The van der Waals surface area contributed by atoms with Crippen molar-refractivity contribution in [2.24, 2.45) is 0 Å². The van der Waals surface area contributed by atoms with E-state index in [1.54, 1.807) is 0 Å². The number of fused-ring (bicyclic) bond motifs is 1. The molecule has 0 aliphatic rings. The standard InChI is InChI=1S/C52H38N2/c1-5-17-40(18-6-1)50-27-15-16-28-52(50)54(46-24-11-4-12-25-46)48-33-29-39(30-34-48)43-37-42-19-13-14-26-49(42)51(38-43)41-31-35-47(36-32-41)53(44-20-7-2-8-21-44)45-22-9-3-10-23-45/h1-38H. The van der Waals surface area contributed by atoms with Crippen molar-refractivity contribution in [3.05, 3.63) is 231 Å². The molecule has 9 aromatic carbocycles. The monoisotopic (exact) mass is 690 g/mol. The minimum atomic E-state index is 1.10. The Hall–Kier alpha value is -7.16. The predicted octanol–water partition coefficient (Wildman–Crippen LogP) is 14.8. The molecule has 0 spiro atoms. The Kier molecular flexibility index (Phi) is 8.99. The summed E-state index contributed by atoms with van der Waals surface area (Å²) >= 11 is 0. The van der Waals surface area contributed by atoms with Gasteiger partial charge in [0.25, 0.3) is 0 Å². The van der Waals surface area contributed by atoms with Crippen molar-refractivity contribution in [3.8, 4) is 33.4 Å². The molecule has 0 atom stereocenters. The minimum absolute atomic E-state index is 1.10. The summed E-state index contributed by atoms with van der Waals surface area (Å²) in [5.74, 6) is 0. The average Bonchev–Trinajstić information content (AvgIpc) is 3.26. The van der Waals surface area contributed by atoms with E-state index in [1.165, 1.54) is 44.2 Å². The number of nitrogens with zero attached hydrogens (tertiary/aromatic N) is 2. The molecule has 0 unspecified atom stereocenters.